The van der Waals surface area contributed by atoms with Gasteiger partial charge in [-0.05, 0) is 6.42 Å². The maximum atomic E-state index is 9.07. The molecule has 0 spiro atoms. The predicted octanol–water partition coefficient (Wildman–Crippen LogP) is 7.11. The fourth-order valence-corrected chi connectivity index (χ4v) is 3.65. The smallest absolute Gasteiger partial charge is 0.110 e. The van der Waals surface area contributed by atoms with Crippen LogP contribution in [-0.2, 0) is 9.78 Å². The average Bonchev–Trinajstić information content (AvgIpc) is 2.74. The van der Waals surface area contributed by atoms with Crippen LogP contribution in [0.4, 0.5) is 0 Å². The molecule has 0 aliphatic rings. The molecular formula is C25H52O4. The Morgan fingerprint density at radius 2 is 0.862 bits per heavy atom. The molecule has 1 atom stereocenters. The van der Waals surface area contributed by atoms with Crippen LogP contribution in [0.15, 0.2) is 0 Å². The molecule has 0 amide bonds. The van der Waals surface area contributed by atoms with Gasteiger partial charge in [0.2, 0.25) is 0 Å². The van der Waals surface area contributed by atoms with Gasteiger partial charge in [-0.2, -0.15) is 0 Å². The van der Waals surface area contributed by atoms with E-state index >= 15 is 0 Å². The molecule has 0 heterocycles. The number of hydrogen-bond acceptors (Lipinski definition) is 4. The van der Waals surface area contributed by atoms with Gasteiger partial charge in [0.1, 0.15) is 12.7 Å². The second kappa shape index (κ2) is 25.9. The van der Waals surface area contributed by atoms with Crippen molar-refractivity contribution in [3.8, 4) is 0 Å². The molecule has 2 N–H and O–H groups in total. The lowest BCUT2D eigenvalue weighted by Crippen LogP contribution is -2.19. The Morgan fingerprint density at radius 3 is 1.21 bits per heavy atom. The number of aliphatic hydroxyl groups excluding tert-OH is 2. The summed E-state index contributed by atoms with van der Waals surface area (Å²) in [6.07, 6.45) is 26.7. The van der Waals surface area contributed by atoms with Crippen LogP contribution in [0, 0.1) is 0 Å². The molecule has 0 aromatic rings. The second-order valence-electron chi connectivity index (χ2n) is 8.66. The number of unbranched alkanes of at least 4 members (excludes halogenated alkanes) is 19. The van der Waals surface area contributed by atoms with Gasteiger partial charge in [-0.15, -0.1) is 0 Å². The molecule has 4 nitrogen and oxygen atoms in total. The molecule has 176 valence electrons. The molecule has 0 aromatic heterocycles. The molecule has 4 heteroatoms. The zero-order valence-corrected chi connectivity index (χ0v) is 19.6. The van der Waals surface area contributed by atoms with Crippen molar-refractivity contribution < 1.29 is 20.0 Å². The summed E-state index contributed by atoms with van der Waals surface area (Å²) in [6.45, 7) is 2.60. The summed E-state index contributed by atoms with van der Waals surface area (Å²) in [5.74, 6) is 0. The first-order chi connectivity index (χ1) is 14.3. The van der Waals surface area contributed by atoms with Crippen LogP contribution in [-0.4, -0.2) is 36.1 Å². The number of aliphatic hydroxyl groups is 2. The van der Waals surface area contributed by atoms with E-state index in [1.54, 1.807) is 0 Å². The van der Waals surface area contributed by atoms with Crippen LogP contribution in [0.5, 0.6) is 0 Å². The normalized spacial score (nSPS) is 12.5. The Labute approximate surface area is 181 Å². The SMILES string of the molecule is CCCCCCCCCCCCCCCCCCCCCCOOCC(O)CO. The Balaban J connectivity index is 3.00. The van der Waals surface area contributed by atoms with Gasteiger partial charge in [-0.1, -0.05) is 129 Å². The second-order valence-corrected chi connectivity index (χ2v) is 8.66. The topological polar surface area (TPSA) is 58.9 Å². The number of rotatable bonds is 25. The lowest BCUT2D eigenvalue weighted by atomic mass is 10.0. The summed E-state index contributed by atoms with van der Waals surface area (Å²) in [5.41, 5.74) is 0. The van der Waals surface area contributed by atoms with E-state index in [0.29, 0.717) is 6.61 Å². The lowest BCUT2D eigenvalue weighted by molar-refractivity contribution is -0.306. The van der Waals surface area contributed by atoms with Crippen LogP contribution < -0.4 is 0 Å². The molecule has 29 heavy (non-hydrogen) atoms. The van der Waals surface area contributed by atoms with E-state index in [9.17, 15) is 0 Å². The summed E-state index contributed by atoms with van der Waals surface area (Å²) in [6, 6.07) is 0. The molecule has 0 saturated heterocycles. The zero-order chi connectivity index (χ0) is 21.3. The molecule has 0 aliphatic carbocycles. The third kappa shape index (κ3) is 25.8. The maximum absolute atomic E-state index is 9.07. The van der Waals surface area contributed by atoms with E-state index in [2.05, 4.69) is 6.92 Å². The molecule has 0 bridgehead atoms. The summed E-state index contributed by atoms with van der Waals surface area (Å²) in [5, 5.41) is 17.7. The highest BCUT2D eigenvalue weighted by atomic mass is 17.2. The standard InChI is InChI=1S/C25H52O4/c1-2-3-4-5-6-7-8-9-10-11-12-13-14-15-16-17-18-19-20-21-22-28-29-24-25(27)23-26/h25-27H,2-24H2,1H3. The van der Waals surface area contributed by atoms with Crippen molar-refractivity contribution in [2.45, 2.75) is 141 Å². The highest BCUT2D eigenvalue weighted by Crippen LogP contribution is 2.14. The fraction of sp³-hybridized carbons (Fsp3) is 1.00. The van der Waals surface area contributed by atoms with Crippen LogP contribution in [0.25, 0.3) is 0 Å². The summed E-state index contributed by atoms with van der Waals surface area (Å²) >= 11 is 0. The quantitative estimate of drug-likeness (QED) is 0.0945. The van der Waals surface area contributed by atoms with E-state index in [1.165, 1.54) is 122 Å². The zero-order valence-electron chi connectivity index (χ0n) is 19.6. The van der Waals surface area contributed by atoms with E-state index in [0.717, 1.165) is 6.42 Å². The first kappa shape index (κ1) is 28.8. The highest BCUT2D eigenvalue weighted by molar-refractivity contribution is 4.51. The van der Waals surface area contributed by atoms with Crippen molar-refractivity contribution in [2.75, 3.05) is 19.8 Å². The Morgan fingerprint density at radius 1 is 0.517 bits per heavy atom. The van der Waals surface area contributed by atoms with Gasteiger partial charge >= 0.3 is 0 Å². The van der Waals surface area contributed by atoms with Crippen molar-refractivity contribution in [1.29, 1.82) is 0 Å². The molecule has 0 rings (SSSR count). The van der Waals surface area contributed by atoms with E-state index in [4.69, 9.17) is 20.0 Å². The molecule has 0 aliphatic heterocycles. The minimum Gasteiger partial charge on any atom is -0.394 e. The van der Waals surface area contributed by atoms with Crippen molar-refractivity contribution >= 4 is 0 Å². The van der Waals surface area contributed by atoms with Gasteiger partial charge in [-0.3, -0.25) is 0 Å². The first-order valence-corrected chi connectivity index (χ1v) is 12.8. The Hall–Kier alpha value is -0.160. The Bertz CT molecular complexity index is 286. The average molecular weight is 417 g/mol. The lowest BCUT2D eigenvalue weighted by Gasteiger charge is -2.07. The van der Waals surface area contributed by atoms with Crippen LogP contribution in [0.2, 0.25) is 0 Å². The third-order valence-corrected chi connectivity index (χ3v) is 5.64. The fourth-order valence-electron chi connectivity index (χ4n) is 3.65. The summed E-state index contributed by atoms with van der Waals surface area (Å²) < 4.78 is 0. The highest BCUT2D eigenvalue weighted by Gasteiger charge is 2.01. The summed E-state index contributed by atoms with van der Waals surface area (Å²) in [7, 11) is 0. The molecule has 0 radical (unpaired) electrons. The van der Waals surface area contributed by atoms with Gasteiger partial charge in [0.15, 0.2) is 0 Å². The van der Waals surface area contributed by atoms with Gasteiger partial charge in [0.25, 0.3) is 0 Å². The number of hydrogen-bond donors (Lipinski definition) is 2. The maximum Gasteiger partial charge on any atom is 0.110 e. The first-order valence-electron chi connectivity index (χ1n) is 12.8. The van der Waals surface area contributed by atoms with E-state index < -0.39 is 6.10 Å². The summed E-state index contributed by atoms with van der Waals surface area (Å²) in [4.78, 5) is 9.79. The minimum absolute atomic E-state index is 0.0374. The largest absolute Gasteiger partial charge is 0.394 e. The van der Waals surface area contributed by atoms with Crippen molar-refractivity contribution in [3.05, 3.63) is 0 Å². The van der Waals surface area contributed by atoms with Gasteiger partial charge in [0, 0.05) is 0 Å². The molecule has 1 unspecified atom stereocenters. The van der Waals surface area contributed by atoms with E-state index in [-0.39, 0.29) is 13.2 Å². The molecule has 0 fully saturated rings. The minimum atomic E-state index is -0.843. The van der Waals surface area contributed by atoms with Crippen LogP contribution in [0.1, 0.15) is 135 Å². The van der Waals surface area contributed by atoms with Crippen molar-refractivity contribution in [2.24, 2.45) is 0 Å². The molecule has 0 saturated carbocycles. The molecule has 0 aromatic carbocycles. The third-order valence-electron chi connectivity index (χ3n) is 5.64. The van der Waals surface area contributed by atoms with E-state index in [1.807, 2.05) is 0 Å². The van der Waals surface area contributed by atoms with Gasteiger partial charge in [0.05, 0.1) is 13.2 Å². The van der Waals surface area contributed by atoms with Gasteiger partial charge in [-0.25, -0.2) is 9.78 Å². The van der Waals surface area contributed by atoms with Gasteiger partial charge < -0.3 is 10.2 Å². The van der Waals surface area contributed by atoms with Crippen LogP contribution >= 0.6 is 0 Å². The van der Waals surface area contributed by atoms with Crippen molar-refractivity contribution in [1.82, 2.24) is 0 Å². The monoisotopic (exact) mass is 416 g/mol. The van der Waals surface area contributed by atoms with Crippen molar-refractivity contribution in [3.63, 3.8) is 0 Å². The molecular weight excluding hydrogens is 364 g/mol. The Kier molecular flexibility index (Phi) is 25.7. The predicted molar refractivity (Wildman–Crippen MR) is 123 cm³/mol. The van der Waals surface area contributed by atoms with Crippen LogP contribution in [0.3, 0.4) is 0 Å².